The van der Waals surface area contributed by atoms with Gasteiger partial charge >= 0.3 is 13.8 Å². The summed E-state index contributed by atoms with van der Waals surface area (Å²) in [7, 11) is -1.69. The molecular weight excluding hydrogens is 208 g/mol. The molecule has 1 atom stereocenters. The summed E-state index contributed by atoms with van der Waals surface area (Å²) in [6, 6.07) is 0. The fourth-order valence-corrected chi connectivity index (χ4v) is 0.873. The van der Waals surface area contributed by atoms with Crippen LogP contribution in [0.15, 0.2) is 0 Å². The van der Waals surface area contributed by atoms with Crippen LogP contribution in [0.25, 0.3) is 0 Å². The molecule has 0 aliphatic carbocycles. The molecule has 0 heterocycles. The third-order valence-electron chi connectivity index (χ3n) is 0.733. The van der Waals surface area contributed by atoms with E-state index in [4.69, 9.17) is 10.2 Å². The van der Waals surface area contributed by atoms with Gasteiger partial charge in [-0.15, -0.1) is 0 Å². The molecule has 0 saturated carbocycles. The molecule has 0 spiro atoms. The Balaban J connectivity index is 0. The van der Waals surface area contributed by atoms with Crippen molar-refractivity contribution in [2.75, 3.05) is 12.5 Å². The van der Waals surface area contributed by atoms with Crippen molar-refractivity contribution in [2.45, 2.75) is 6.42 Å². The summed E-state index contributed by atoms with van der Waals surface area (Å²) < 4.78 is 10.4. The predicted molar refractivity (Wildman–Crippen MR) is 31.8 cm³/mol. The summed E-state index contributed by atoms with van der Waals surface area (Å²) in [5.41, 5.74) is 0. The Labute approximate surface area is 72.2 Å². The Morgan fingerprint density at radius 2 is 2.00 bits per heavy atom. The molecule has 0 aromatic rings. The van der Waals surface area contributed by atoms with E-state index >= 15 is 0 Å². The molecule has 0 aliphatic heterocycles. The topological polar surface area (TPSA) is 74.6 Å². The van der Waals surface area contributed by atoms with Crippen LogP contribution in [0, 0.1) is 0 Å². The molecule has 0 radical (unpaired) electrons. The summed E-state index contributed by atoms with van der Waals surface area (Å²) in [5.74, 6) is -0.980. The van der Waals surface area contributed by atoms with E-state index in [2.05, 4.69) is 0 Å². The zero-order chi connectivity index (χ0) is 7.28. The third kappa shape index (κ3) is 8.15. The van der Waals surface area contributed by atoms with Crippen LogP contribution in [0.2, 0.25) is 0 Å². The second-order valence-electron chi connectivity index (χ2n) is 1.49. The number of hydrogen-bond acceptors (Lipinski definition) is 3. The molecule has 10 heavy (non-hydrogen) atoms. The SMILES string of the molecule is O=C(O)CC[P+](=O)CO.[Zn]. The normalized spacial score (nSPS) is 9.90. The van der Waals surface area contributed by atoms with Gasteiger partial charge in [-0.1, -0.05) is 4.57 Å². The standard InChI is InChI=1S/C4H7O4P.Zn/c5-3-9(8)2-1-4(6)7;/h5H,1-3H2;/p+1. The molecule has 0 aromatic carbocycles. The number of hydrogen-bond donors (Lipinski definition) is 2. The molecule has 54 valence electrons. The number of aliphatic carboxylic acids is 1. The molecule has 2 N–H and O–H groups in total. The molecule has 0 rings (SSSR count). The van der Waals surface area contributed by atoms with Crippen LogP contribution in [0.1, 0.15) is 6.42 Å². The van der Waals surface area contributed by atoms with E-state index in [-0.39, 0.29) is 32.1 Å². The van der Waals surface area contributed by atoms with E-state index in [1.165, 1.54) is 0 Å². The summed E-state index contributed by atoms with van der Waals surface area (Å²) >= 11 is 0. The largest absolute Gasteiger partial charge is 0.481 e. The Morgan fingerprint density at radius 3 is 2.30 bits per heavy atom. The minimum Gasteiger partial charge on any atom is -0.481 e. The number of aliphatic hydroxyl groups is 1. The Morgan fingerprint density at radius 1 is 1.50 bits per heavy atom. The summed E-state index contributed by atoms with van der Waals surface area (Å²) in [6.45, 7) is 0. The second kappa shape index (κ2) is 7.26. The van der Waals surface area contributed by atoms with E-state index < -0.39 is 20.1 Å². The van der Waals surface area contributed by atoms with Gasteiger partial charge in [0.15, 0.2) is 6.16 Å². The van der Waals surface area contributed by atoms with Gasteiger partial charge in [-0.25, -0.2) is 0 Å². The van der Waals surface area contributed by atoms with Crippen LogP contribution in [-0.2, 0) is 28.8 Å². The van der Waals surface area contributed by atoms with Crippen molar-refractivity contribution in [2.24, 2.45) is 0 Å². The van der Waals surface area contributed by atoms with Crippen molar-refractivity contribution >= 4 is 13.8 Å². The first-order valence-electron chi connectivity index (χ1n) is 2.41. The number of carbonyl (C=O) groups is 1. The second-order valence-corrected chi connectivity index (χ2v) is 3.18. The monoisotopic (exact) mass is 215 g/mol. The molecule has 0 aliphatic rings. The summed E-state index contributed by atoms with van der Waals surface area (Å²) in [5, 5.41) is 16.2. The molecule has 0 bridgehead atoms. The van der Waals surface area contributed by atoms with Crippen molar-refractivity contribution in [3.05, 3.63) is 0 Å². The zero-order valence-corrected chi connectivity index (χ0v) is 9.35. The fraction of sp³-hybridized carbons (Fsp3) is 0.750. The zero-order valence-electron chi connectivity index (χ0n) is 5.49. The van der Waals surface area contributed by atoms with Crippen LogP contribution in [-0.4, -0.2) is 28.7 Å². The van der Waals surface area contributed by atoms with Gasteiger partial charge in [-0.3, -0.25) is 4.79 Å². The van der Waals surface area contributed by atoms with Crippen molar-refractivity contribution in [3.63, 3.8) is 0 Å². The Kier molecular flexibility index (Phi) is 9.29. The molecule has 0 aromatic heterocycles. The minimum atomic E-state index is -1.69. The molecule has 4 nitrogen and oxygen atoms in total. The van der Waals surface area contributed by atoms with Gasteiger partial charge in [0.1, 0.15) is 0 Å². The third-order valence-corrected chi connectivity index (χ3v) is 1.77. The van der Waals surface area contributed by atoms with Crippen LogP contribution >= 0.6 is 7.80 Å². The van der Waals surface area contributed by atoms with Gasteiger partial charge < -0.3 is 10.2 Å². The van der Waals surface area contributed by atoms with E-state index in [1.54, 1.807) is 0 Å². The molecule has 0 fully saturated rings. The van der Waals surface area contributed by atoms with Gasteiger partial charge in [0.25, 0.3) is 0 Å². The van der Waals surface area contributed by atoms with Crippen molar-refractivity contribution in [1.82, 2.24) is 0 Å². The molecule has 0 saturated heterocycles. The Bertz CT molecular complexity index is 126. The fourth-order valence-electron chi connectivity index (χ4n) is 0.291. The summed E-state index contributed by atoms with van der Waals surface area (Å²) in [4.78, 5) is 9.81. The van der Waals surface area contributed by atoms with Gasteiger partial charge in [0.2, 0.25) is 6.35 Å². The maximum Gasteiger partial charge on any atom is 0.367 e. The first-order valence-corrected chi connectivity index (χ1v) is 4.04. The molecule has 0 amide bonds. The molecule has 6 heteroatoms. The Hall–Kier alpha value is 0.153. The van der Waals surface area contributed by atoms with Gasteiger partial charge in [0.05, 0.1) is 6.42 Å². The van der Waals surface area contributed by atoms with Crippen molar-refractivity contribution in [3.8, 4) is 0 Å². The first kappa shape index (κ1) is 12.8. The van der Waals surface area contributed by atoms with Gasteiger partial charge in [-0.2, -0.15) is 0 Å². The molecular formula is C4H8O4PZn+. The van der Waals surface area contributed by atoms with Gasteiger partial charge in [-0.05, 0) is 0 Å². The van der Waals surface area contributed by atoms with Crippen LogP contribution in [0.5, 0.6) is 0 Å². The smallest absolute Gasteiger partial charge is 0.367 e. The number of aliphatic hydroxyl groups excluding tert-OH is 1. The van der Waals surface area contributed by atoms with E-state index in [9.17, 15) is 9.36 Å². The average Bonchev–Trinajstić information content (AvgIpc) is 1.83. The maximum absolute atomic E-state index is 10.4. The molecule has 1 unspecified atom stereocenters. The number of rotatable bonds is 4. The minimum absolute atomic E-state index is 0. The predicted octanol–water partition coefficient (Wildman–Crippen LogP) is 0.236. The van der Waals surface area contributed by atoms with Crippen LogP contribution in [0.4, 0.5) is 0 Å². The summed E-state index contributed by atoms with van der Waals surface area (Å²) in [6.07, 6.45) is -0.473. The van der Waals surface area contributed by atoms with Crippen molar-refractivity contribution in [1.29, 1.82) is 0 Å². The van der Waals surface area contributed by atoms with E-state index in [1.807, 2.05) is 0 Å². The van der Waals surface area contributed by atoms with Crippen LogP contribution in [0.3, 0.4) is 0 Å². The van der Waals surface area contributed by atoms with Crippen LogP contribution < -0.4 is 0 Å². The quantitative estimate of drug-likeness (QED) is 0.521. The number of carboxylic acid groups (broad SMARTS) is 1. The van der Waals surface area contributed by atoms with Gasteiger partial charge in [0, 0.05) is 19.5 Å². The van der Waals surface area contributed by atoms with E-state index in [0.29, 0.717) is 0 Å². The van der Waals surface area contributed by atoms with Crippen molar-refractivity contribution < 1.29 is 39.1 Å². The van der Waals surface area contributed by atoms with E-state index in [0.717, 1.165) is 0 Å². The number of carboxylic acids is 1. The maximum atomic E-state index is 10.4. The first-order chi connectivity index (χ1) is 4.16. The average molecular weight is 216 g/mol.